The fourth-order valence-corrected chi connectivity index (χ4v) is 3.85. The van der Waals surface area contributed by atoms with Gasteiger partial charge in [0.25, 0.3) is 5.56 Å². The van der Waals surface area contributed by atoms with Crippen molar-refractivity contribution in [2.24, 2.45) is 0 Å². The van der Waals surface area contributed by atoms with E-state index in [1.807, 2.05) is 38.1 Å². The van der Waals surface area contributed by atoms with E-state index in [1.165, 1.54) is 11.1 Å². The number of hydrogen-bond acceptors (Lipinski definition) is 4. The first-order valence-electron chi connectivity index (χ1n) is 12.9. The zero-order chi connectivity index (χ0) is 25.8. The maximum absolute atomic E-state index is 13.7. The summed E-state index contributed by atoms with van der Waals surface area (Å²) in [5.41, 5.74) is 11.1. The predicted molar refractivity (Wildman–Crippen MR) is 150 cm³/mol. The van der Waals surface area contributed by atoms with Crippen LogP contribution in [0, 0.1) is 0 Å². The van der Waals surface area contributed by atoms with Gasteiger partial charge < -0.3 is 19.8 Å². The lowest BCUT2D eigenvalue weighted by molar-refractivity contribution is 0.303. The van der Waals surface area contributed by atoms with Crippen molar-refractivity contribution in [2.75, 3.05) is 18.9 Å². The molecule has 0 aliphatic heterocycles. The Bertz CT molecular complexity index is 1110. The van der Waals surface area contributed by atoms with Crippen molar-refractivity contribution < 1.29 is 9.47 Å². The minimum Gasteiger partial charge on any atom is -0.485 e. The number of hydrogen-bond donors (Lipinski definition) is 1. The van der Waals surface area contributed by atoms with Crippen LogP contribution in [0.4, 0.5) is 5.69 Å². The maximum Gasteiger partial charge on any atom is 0.297 e. The van der Waals surface area contributed by atoms with E-state index in [1.54, 1.807) is 4.57 Å². The molecule has 0 saturated carbocycles. The van der Waals surface area contributed by atoms with Crippen molar-refractivity contribution in [1.82, 2.24) is 4.57 Å². The number of allylic oxidation sites excluding steroid dienone is 4. The molecule has 1 heterocycles. The van der Waals surface area contributed by atoms with Crippen LogP contribution in [0.5, 0.6) is 11.5 Å². The van der Waals surface area contributed by atoms with Gasteiger partial charge in [0.1, 0.15) is 13.2 Å². The number of nitrogens with two attached hydrogens (primary N) is 1. The lowest BCUT2D eigenvalue weighted by atomic mass is 10.1. The quantitative estimate of drug-likeness (QED) is 0.172. The number of ether oxygens (including phenoxy) is 2. The Labute approximate surface area is 211 Å². The first-order valence-corrected chi connectivity index (χ1v) is 12.9. The zero-order valence-electron chi connectivity index (χ0n) is 22.6. The molecule has 0 spiro atoms. The number of pyridine rings is 1. The van der Waals surface area contributed by atoms with Crippen molar-refractivity contribution in [3.05, 3.63) is 63.5 Å². The third-order valence-corrected chi connectivity index (χ3v) is 5.91. The van der Waals surface area contributed by atoms with Crippen LogP contribution in [-0.4, -0.2) is 17.8 Å². The van der Waals surface area contributed by atoms with Gasteiger partial charge in [-0.25, -0.2) is 0 Å². The van der Waals surface area contributed by atoms with E-state index < -0.39 is 0 Å². The number of anilines is 1. The molecule has 192 valence electrons. The summed E-state index contributed by atoms with van der Waals surface area (Å²) in [5, 5.41) is 0.843. The number of rotatable bonds is 14. The molecule has 35 heavy (non-hydrogen) atoms. The Morgan fingerprint density at radius 2 is 1.60 bits per heavy atom. The molecule has 5 heteroatoms. The van der Waals surface area contributed by atoms with Crippen LogP contribution in [0.15, 0.2) is 57.9 Å². The Kier molecular flexibility index (Phi) is 11.7. The number of aromatic nitrogens is 1. The van der Waals surface area contributed by atoms with Gasteiger partial charge in [-0.05, 0) is 84.2 Å². The molecule has 2 N–H and O–H groups in total. The van der Waals surface area contributed by atoms with Gasteiger partial charge in [-0.3, -0.25) is 4.79 Å². The monoisotopic (exact) mass is 480 g/mol. The lowest BCUT2D eigenvalue weighted by Gasteiger charge is -2.18. The third-order valence-electron chi connectivity index (χ3n) is 5.91. The normalized spacial score (nSPS) is 11.4. The average Bonchev–Trinajstić information content (AvgIpc) is 2.79. The van der Waals surface area contributed by atoms with Crippen molar-refractivity contribution in [1.29, 1.82) is 0 Å². The van der Waals surface area contributed by atoms with Crippen LogP contribution in [0.3, 0.4) is 0 Å². The molecule has 2 rings (SSSR count). The van der Waals surface area contributed by atoms with Gasteiger partial charge in [0.05, 0.1) is 5.52 Å². The highest BCUT2D eigenvalue weighted by atomic mass is 16.5. The van der Waals surface area contributed by atoms with Gasteiger partial charge in [0.2, 0.25) is 5.75 Å². The van der Waals surface area contributed by atoms with E-state index >= 15 is 0 Å². The van der Waals surface area contributed by atoms with Crippen LogP contribution in [0.2, 0.25) is 0 Å². The summed E-state index contributed by atoms with van der Waals surface area (Å²) >= 11 is 0. The summed E-state index contributed by atoms with van der Waals surface area (Å²) in [6.07, 6.45) is 12.6. The number of benzene rings is 1. The van der Waals surface area contributed by atoms with Gasteiger partial charge in [-0.2, -0.15) is 0 Å². The van der Waals surface area contributed by atoms with Crippen LogP contribution < -0.4 is 20.8 Å². The molecule has 2 aromatic rings. The van der Waals surface area contributed by atoms with Crippen LogP contribution in [-0.2, 0) is 6.54 Å². The molecule has 0 fully saturated rings. The molecule has 0 unspecified atom stereocenters. The van der Waals surface area contributed by atoms with E-state index in [4.69, 9.17) is 15.2 Å². The molecular weight excluding hydrogens is 436 g/mol. The fraction of sp³-hybridized carbons (Fsp3) is 0.500. The van der Waals surface area contributed by atoms with Crippen molar-refractivity contribution >= 4 is 16.6 Å². The number of aryl methyl sites for hydroxylation is 1. The lowest BCUT2D eigenvalue weighted by Crippen LogP contribution is -2.24. The summed E-state index contributed by atoms with van der Waals surface area (Å²) < 4.78 is 14.1. The number of nitrogens with zero attached hydrogens (tertiary/aromatic N) is 1. The Balaban J connectivity index is 2.45. The van der Waals surface area contributed by atoms with Crippen LogP contribution in [0.25, 0.3) is 10.9 Å². The summed E-state index contributed by atoms with van der Waals surface area (Å²) in [6.45, 7) is 13.9. The molecule has 0 atom stereocenters. The average molecular weight is 481 g/mol. The first-order chi connectivity index (χ1) is 16.7. The van der Waals surface area contributed by atoms with E-state index in [0.29, 0.717) is 31.2 Å². The van der Waals surface area contributed by atoms with E-state index in [9.17, 15) is 4.79 Å². The summed E-state index contributed by atoms with van der Waals surface area (Å²) in [7, 11) is 0. The molecule has 0 aliphatic rings. The van der Waals surface area contributed by atoms with Crippen molar-refractivity contribution in [3.8, 4) is 11.5 Å². The largest absolute Gasteiger partial charge is 0.485 e. The second-order valence-corrected chi connectivity index (χ2v) is 9.73. The molecule has 1 aromatic heterocycles. The first kappa shape index (κ1) is 28.3. The molecule has 0 radical (unpaired) electrons. The molecule has 0 amide bonds. The van der Waals surface area contributed by atoms with E-state index in [2.05, 4.69) is 39.8 Å². The minimum atomic E-state index is -0.164. The maximum atomic E-state index is 13.7. The van der Waals surface area contributed by atoms with Gasteiger partial charge in [0.15, 0.2) is 5.75 Å². The Morgan fingerprint density at radius 3 is 2.29 bits per heavy atom. The molecule has 0 aliphatic carbocycles. The summed E-state index contributed by atoms with van der Waals surface area (Å²) in [5.74, 6) is 0.760. The van der Waals surface area contributed by atoms with Gasteiger partial charge in [0, 0.05) is 17.6 Å². The highest BCUT2D eigenvalue weighted by Crippen LogP contribution is 2.34. The highest BCUT2D eigenvalue weighted by molar-refractivity contribution is 5.90. The highest BCUT2D eigenvalue weighted by Gasteiger charge is 2.19. The SMILES string of the molecule is CCCCCCn1c(=O)c(OC/C=C(\C)CCC=C(C)C)c(OCC=C(C)C)c2ccc(N)cc21. The molecule has 0 bridgehead atoms. The van der Waals surface area contributed by atoms with E-state index in [-0.39, 0.29) is 11.3 Å². The number of fused-ring (bicyclic) bond motifs is 1. The fourth-order valence-electron chi connectivity index (χ4n) is 3.85. The Morgan fingerprint density at radius 1 is 0.914 bits per heavy atom. The van der Waals surface area contributed by atoms with Gasteiger partial charge in [-0.15, -0.1) is 0 Å². The van der Waals surface area contributed by atoms with Crippen molar-refractivity contribution in [2.45, 2.75) is 86.6 Å². The predicted octanol–water partition coefficient (Wildman–Crippen LogP) is 7.58. The Hall–Kier alpha value is -2.95. The topological polar surface area (TPSA) is 66.5 Å². The molecule has 0 saturated heterocycles. The molecule has 5 nitrogen and oxygen atoms in total. The number of unbranched alkanes of at least 4 members (excludes halogenated alkanes) is 3. The second-order valence-electron chi connectivity index (χ2n) is 9.73. The van der Waals surface area contributed by atoms with Crippen LogP contribution in [0.1, 0.15) is 80.1 Å². The second kappa shape index (κ2) is 14.4. The standard InChI is InChI=1S/C30H44N2O3/c1-7-8-9-10-18-32-27-21-25(31)14-15-26(27)28(34-19-16-23(4)5)29(30(32)33)35-20-17-24(6)13-11-12-22(2)3/h12,14-17,21H,7-11,13,18-20,31H2,1-6H3/b24-17+. The van der Waals surface area contributed by atoms with E-state index in [0.717, 1.165) is 55.0 Å². The summed E-state index contributed by atoms with van der Waals surface area (Å²) in [4.78, 5) is 13.7. The van der Waals surface area contributed by atoms with Crippen LogP contribution >= 0.6 is 0 Å². The zero-order valence-corrected chi connectivity index (χ0v) is 22.6. The summed E-state index contributed by atoms with van der Waals surface area (Å²) in [6, 6.07) is 5.64. The van der Waals surface area contributed by atoms with Crippen molar-refractivity contribution in [3.63, 3.8) is 0 Å². The van der Waals surface area contributed by atoms with Gasteiger partial charge in [-0.1, -0.05) is 49.0 Å². The molecular formula is C30H44N2O3. The minimum absolute atomic E-state index is 0.164. The number of nitrogen functional groups attached to an aromatic ring is 1. The van der Waals surface area contributed by atoms with Gasteiger partial charge >= 0.3 is 0 Å². The smallest absolute Gasteiger partial charge is 0.297 e. The third kappa shape index (κ3) is 8.97. The molecule has 1 aromatic carbocycles.